The fraction of sp³-hybridized carbons (Fsp3) is 0.500. The van der Waals surface area contributed by atoms with Crippen LogP contribution in [0, 0.1) is 17.8 Å². The van der Waals surface area contributed by atoms with Crippen LogP contribution in [-0.2, 0) is 14.8 Å². The van der Waals surface area contributed by atoms with E-state index < -0.39 is 16.0 Å². The van der Waals surface area contributed by atoms with Gasteiger partial charge in [0.15, 0.2) is 0 Å². The van der Waals surface area contributed by atoms with Gasteiger partial charge < -0.3 is 5.11 Å². The SMILES string of the molecule is O=C(O)CC=CCC1C2CCC(C2)C1NS(=O)(=O)c1ccccc1. The van der Waals surface area contributed by atoms with Crippen molar-refractivity contribution in [3.63, 3.8) is 0 Å². The maximum atomic E-state index is 12.6. The molecule has 2 aliphatic carbocycles. The molecule has 1 aromatic carbocycles. The number of fused-ring (bicyclic) bond motifs is 2. The van der Waals surface area contributed by atoms with Crippen molar-refractivity contribution in [1.29, 1.82) is 0 Å². The van der Waals surface area contributed by atoms with E-state index in [-0.39, 0.29) is 18.4 Å². The van der Waals surface area contributed by atoms with Crippen molar-refractivity contribution in [2.24, 2.45) is 17.8 Å². The maximum absolute atomic E-state index is 12.6. The first-order chi connectivity index (χ1) is 11.5. The third-order valence-corrected chi connectivity index (χ3v) is 6.78. The van der Waals surface area contributed by atoms with Gasteiger partial charge in [-0.25, -0.2) is 13.1 Å². The highest BCUT2D eigenvalue weighted by atomic mass is 32.2. The number of nitrogens with one attached hydrogen (secondary N) is 1. The van der Waals surface area contributed by atoms with Crippen molar-refractivity contribution in [3.8, 4) is 0 Å². The van der Waals surface area contributed by atoms with Crippen molar-refractivity contribution < 1.29 is 18.3 Å². The second-order valence-electron chi connectivity index (χ2n) is 6.76. The average Bonchev–Trinajstić information content (AvgIpc) is 3.14. The lowest BCUT2D eigenvalue weighted by atomic mass is 9.83. The highest BCUT2D eigenvalue weighted by Crippen LogP contribution is 2.50. The Hall–Kier alpha value is -1.66. The van der Waals surface area contributed by atoms with E-state index in [0.29, 0.717) is 16.7 Å². The van der Waals surface area contributed by atoms with Crippen LogP contribution in [0.3, 0.4) is 0 Å². The van der Waals surface area contributed by atoms with Crippen LogP contribution in [0.15, 0.2) is 47.4 Å². The van der Waals surface area contributed by atoms with E-state index in [1.54, 1.807) is 36.4 Å². The molecule has 0 heterocycles. The number of rotatable bonds is 7. The van der Waals surface area contributed by atoms with Gasteiger partial charge >= 0.3 is 5.97 Å². The summed E-state index contributed by atoms with van der Waals surface area (Å²) in [4.78, 5) is 10.9. The molecule has 0 spiro atoms. The number of carboxylic acids is 1. The van der Waals surface area contributed by atoms with Gasteiger partial charge in [-0.15, -0.1) is 0 Å². The van der Waals surface area contributed by atoms with Gasteiger partial charge in [-0.2, -0.15) is 0 Å². The van der Waals surface area contributed by atoms with Gasteiger partial charge in [0.25, 0.3) is 0 Å². The second kappa shape index (κ2) is 7.07. The van der Waals surface area contributed by atoms with E-state index in [9.17, 15) is 13.2 Å². The van der Waals surface area contributed by atoms with Crippen LogP contribution < -0.4 is 4.72 Å². The number of sulfonamides is 1. The number of benzene rings is 1. The van der Waals surface area contributed by atoms with Gasteiger partial charge in [0, 0.05) is 6.04 Å². The minimum Gasteiger partial charge on any atom is -0.481 e. The average molecular weight is 349 g/mol. The predicted molar refractivity (Wildman–Crippen MR) is 90.9 cm³/mol. The number of carboxylic acid groups (broad SMARTS) is 1. The van der Waals surface area contributed by atoms with Gasteiger partial charge in [-0.05, 0) is 55.6 Å². The van der Waals surface area contributed by atoms with Crippen LogP contribution in [0.1, 0.15) is 32.1 Å². The molecule has 2 N–H and O–H groups in total. The zero-order chi connectivity index (χ0) is 17.2. The van der Waals surface area contributed by atoms with E-state index in [1.165, 1.54) is 0 Å². The van der Waals surface area contributed by atoms with Gasteiger partial charge in [0.2, 0.25) is 10.0 Å². The van der Waals surface area contributed by atoms with E-state index in [4.69, 9.17) is 5.11 Å². The van der Waals surface area contributed by atoms with Crippen molar-refractivity contribution in [2.75, 3.05) is 0 Å². The predicted octanol–water partition coefficient (Wildman–Crippen LogP) is 2.80. The summed E-state index contributed by atoms with van der Waals surface area (Å²) >= 11 is 0. The largest absolute Gasteiger partial charge is 0.481 e. The molecule has 130 valence electrons. The van der Waals surface area contributed by atoms with Crippen molar-refractivity contribution in [3.05, 3.63) is 42.5 Å². The first-order valence-electron chi connectivity index (χ1n) is 8.41. The standard InChI is InChI=1S/C18H23NO4S/c20-17(21)9-5-4-8-16-13-10-11-14(12-13)18(16)19-24(22,23)15-6-2-1-3-7-15/h1-7,13-14,16,18-19H,8-12H2,(H,20,21). The maximum Gasteiger partial charge on any atom is 0.307 e. The van der Waals surface area contributed by atoms with E-state index in [2.05, 4.69) is 4.72 Å². The van der Waals surface area contributed by atoms with E-state index in [0.717, 1.165) is 25.7 Å². The lowest BCUT2D eigenvalue weighted by molar-refractivity contribution is -0.136. The zero-order valence-corrected chi connectivity index (χ0v) is 14.3. The van der Waals surface area contributed by atoms with Crippen LogP contribution in [0.5, 0.6) is 0 Å². The van der Waals surface area contributed by atoms with Crippen LogP contribution in [0.4, 0.5) is 0 Å². The molecule has 2 fully saturated rings. The minimum atomic E-state index is -3.51. The van der Waals surface area contributed by atoms with Gasteiger partial charge in [-0.3, -0.25) is 4.79 Å². The molecule has 1 aromatic rings. The number of hydrogen-bond donors (Lipinski definition) is 2. The summed E-state index contributed by atoms with van der Waals surface area (Å²) in [6.07, 6.45) is 7.59. The minimum absolute atomic E-state index is 0.0151. The molecule has 5 nitrogen and oxygen atoms in total. The topological polar surface area (TPSA) is 83.5 Å². The van der Waals surface area contributed by atoms with Crippen molar-refractivity contribution >= 4 is 16.0 Å². The Bertz CT molecular complexity index is 714. The van der Waals surface area contributed by atoms with Gasteiger partial charge in [0.1, 0.15) is 0 Å². The van der Waals surface area contributed by atoms with Gasteiger partial charge in [-0.1, -0.05) is 30.4 Å². The molecule has 3 rings (SSSR count). The lowest BCUT2D eigenvalue weighted by Crippen LogP contribution is -2.43. The first-order valence-corrected chi connectivity index (χ1v) is 9.90. The zero-order valence-electron chi connectivity index (χ0n) is 13.5. The van der Waals surface area contributed by atoms with Crippen molar-refractivity contribution in [1.82, 2.24) is 4.72 Å². The smallest absolute Gasteiger partial charge is 0.307 e. The summed E-state index contributed by atoms with van der Waals surface area (Å²) < 4.78 is 28.2. The molecule has 6 heteroatoms. The normalized spacial score (nSPS) is 29.3. The summed E-state index contributed by atoms with van der Waals surface area (Å²) in [6.45, 7) is 0. The molecular formula is C18H23NO4S. The van der Waals surface area contributed by atoms with E-state index in [1.807, 2.05) is 6.08 Å². The van der Waals surface area contributed by atoms with Gasteiger partial charge in [0.05, 0.1) is 11.3 Å². The molecule has 2 saturated carbocycles. The molecule has 2 aliphatic rings. The monoisotopic (exact) mass is 349 g/mol. The molecule has 0 radical (unpaired) electrons. The summed E-state index contributed by atoms with van der Waals surface area (Å²) in [6, 6.07) is 8.41. The van der Waals surface area contributed by atoms with E-state index >= 15 is 0 Å². The fourth-order valence-electron chi connectivity index (χ4n) is 4.22. The summed E-state index contributed by atoms with van der Waals surface area (Å²) in [5, 5.41) is 8.70. The third-order valence-electron chi connectivity index (χ3n) is 5.30. The molecule has 4 unspecified atom stereocenters. The molecule has 0 amide bonds. The number of carbonyl (C=O) groups is 1. The Labute approximate surface area is 142 Å². The highest BCUT2D eigenvalue weighted by molar-refractivity contribution is 7.89. The molecular weight excluding hydrogens is 326 g/mol. The lowest BCUT2D eigenvalue weighted by Gasteiger charge is -2.31. The van der Waals surface area contributed by atoms with Crippen LogP contribution in [0.2, 0.25) is 0 Å². The van der Waals surface area contributed by atoms with Crippen molar-refractivity contribution in [2.45, 2.75) is 43.0 Å². The van der Waals surface area contributed by atoms with Crippen LogP contribution >= 0.6 is 0 Å². The third kappa shape index (κ3) is 3.70. The number of hydrogen-bond acceptors (Lipinski definition) is 3. The molecule has 4 atom stereocenters. The Morgan fingerprint density at radius 1 is 1.17 bits per heavy atom. The number of aliphatic carboxylic acids is 1. The quantitative estimate of drug-likeness (QED) is 0.742. The Balaban J connectivity index is 1.71. The fourth-order valence-corrected chi connectivity index (χ4v) is 5.59. The Morgan fingerprint density at radius 3 is 2.58 bits per heavy atom. The molecule has 0 aromatic heterocycles. The molecule has 0 saturated heterocycles. The Kier molecular flexibility index (Phi) is 5.06. The summed E-state index contributed by atoms with van der Waals surface area (Å²) in [7, 11) is -3.51. The summed E-state index contributed by atoms with van der Waals surface area (Å²) in [5.41, 5.74) is 0. The molecule has 2 bridgehead atoms. The summed E-state index contributed by atoms with van der Waals surface area (Å²) in [5.74, 6) is 0.340. The number of allylic oxidation sites excluding steroid dienone is 1. The van der Waals surface area contributed by atoms with Crippen LogP contribution in [0.25, 0.3) is 0 Å². The molecule has 24 heavy (non-hydrogen) atoms. The molecule has 0 aliphatic heterocycles. The van der Waals surface area contributed by atoms with Crippen LogP contribution in [-0.4, -0.2) is 25.5 Å². The second-order valence-corrected chi connectivity index (χ2v) is 8.48. The Morgan fingerprint density at radius 2 is 1.88 bits per heavy atom. The highest BCUT2D eigenvalue weighted by Gasteiger charge is 2.48. The first kappa shape index (κ1) is 17.2.